The zero-order valence-corrected chi connectivity index (χ0v) is 4.57. The molecule has 0 saturated carbocycles. The molecule has 7 heavy (non-hydrogen) atoms. The van der Waals surface area contributed by atoms with Gasteiger partial charge in [-0.25, -0.2) is 0 Å². The third-order valence-corrected chi connectivity index (χ3v) is 0.560. The molecule has 0 aromatic rings. The highest BCUT2D eigenvalue weighted by Gasteiger charge is 1.64. The van der Waals surface area contributed by atoms with Gasteiger partial charge in [0.25, 0.3) is 0 Å². The van der Waals surface area contributed by atoms with E-state index in [-0.39, 0.29) is 0 Å². The van der Waals surface area contributed by atoms with E-state index in [1.165, 1.54) is 6.08 Å². The molecule has 0 bridgehead atoms. The van der Waals surface area contributed by atoms with E-state index in [2.05, 4.69) is 18.8 Å². The van der Waals surface area contributed by atoms with Crippen LogP contribution < -0.4 is 0 Å². The quantitative estimate of drug-likeness (QED) is 0.433. The molecule has 0 amide bonds. The molecule has 0 heteroatoms. The van der Waals surface area contributed by atoms with Crippen molar-refractivity contribution in [3.63, 3.8) is 0 Å². The number of unbranched alkanes of at least 4 members (excludes halogenated alkanes) is 1. The molecule has 1 radical (unpaired) electrons. The lowest BCUT2D eigenvalue weighted by atomic mass is 10.3. The minimum atomic E-state index is 0.952. The summed E-state index contributed by atoms with van der Waals surface area (Å²) in [5.74, 6) is 5.51. The average molecular weight is 93.1 g/mol. The van der Waals surface area contributed by atoms with E-state index in [9.17, 15) is 0 Å². The fourth-order valence-corrected chi connectivity index (χ4v) is 0.256. The summed E-state index contributed by atoms with van der Waals surface area (Å²) in [5, 5.41) is 0. The molecule has 0 heterocycles. The highest BCUT2D eigenvalue weighted by molar-refractivity contribution is 5.10. The molecule has 0 aliphatic rings. The SMILES string of the molecule is [CH]=CC#CCCC. The van der Waals surface area contributed by atoms with Crippen molar-refractivity contribution in [1.82, 2.24) is 0 Å². The zero-order valence-electron chi connectivity index (χ0n) is 4.57. The lowest BCUT2D eigenvalue weighted by Gasteiger charge is -1.72. The lowest BCUT2D eigenvalue weighted by Crippen LogP contribution is -1.57. The largest absolute Gasteiger partial charge is 0.0985 e. The minimum absolute atomic E-state index is 0.952. The van der Waals surface area contributed by atoms with Crippen LogP contribution in [0.5, 0.6) is 0 Å². The first-order valence-electron chi connectivity index (χ1n) is 2.43. The van der Waals surface area contributed by atoms with Crippen LogP contribution in [0, 0.1) is 18.4 Å². The molecule has 0 rings (SSSR count). The fraction of sp³-hybridized carbons (Fsp3) is 0.429. The maximum Gasteiger partial charge on any atom is 0.00896 e. The fourth-order valence-electron chi connectivity index (χ4n) is 0.256. The summed E-state index contributed by atoms with van der Waals surface area (Å²) in [6.07, 6.45) is 3.43. The van der Waals surface area contributed by atoms with Gasteiger partial charge in [0.05, 0.1) is 0 Å². The molecule has 37 valence electrons. The van der Waals surface area contributed by atoms with Crippen molar-refractivity contribution in [2.24, 2.45) is 0 Å². The Bertz CT molecular complexity index is 90.3. The Morgan fingerprint density at radius 3 is 2.86 bits per heavy atom. The third-order valence-electron chi connectivity index (χ3n) is 0.560. The summed E-state index contributed by atoms with van der Waals surface area (Å²) >= 11 is 0. The summed E-state index contributed by atoms with van der Waals surface area (Å²) in [7, 11) is 0. The van der Waals surface area contributed by atoms with E-state index >= 15 is 0 Å². The van der Waals surface area contributed by atoms with Gasteiger partial charge in [0, 0.05) is 6.42 Å². The Hall–Kier alpha value is -0.700. The smallest absolute Gasteiger partial charge is 0.00896 e. The normalized spacial score (nSPS) is 6.43. The summed E-state index contributed by atoms with van der Waals surface area (Å²) in [6.45, 7) is 7.06. The lowest BCUT2D eigenvalue weighted by molar-refractivity contribution is 0.983. The van der Waals surface area contributed by atoms with E-state index in [0.717, 1.165) is 12.8 Å². The predicted molar refractivity (Wildman–Crippen MR) is 31.6 cm³/mol. The second-order valence-corrected chi connectivity index (χ2v) is 1.24. The van der Waals surface area contributed by atoms with Gasteiger partial charge in [-0.3, -0.25) is 0 Å². The molecule has 0 aliphatic heterocycles. The van der Waals surface area contributed by atoms with Crippen molar-refractivity contribution >= 4 is 0 Å². The van der Waals surface area contributed by atoms with Crippen molar-refractivity contribution in [2.75, 3.05) is 0 Å². The first-order valence-corrected chi connectivity index (χ1v) is 2.43. The van der Waals surface area contributed by atoms with Gasteiger partial charge in [0.2, 0.25) is 0 Å². The maximum absolute atomic E-state index is 4.97. The Labute approximate surface area is 45.2 Å². The highest BCUT2D eigenvalue weighted by Crippen LogP contribution is 1.79. The first kappa shape index (κ1) is 6.30. The number of rotatable bonds is 1. The van der Waals surface area contributed by atoms with Crippen LogP contribution in [0.2, 0.25) is 0 Å². The molecule has 0 nitrogen and oxygen atoms in total. The Balaban J connectivity index is 3.07. The van der Waals surface area contributed by atoms with E-state index in [4.69, 9.17) is 6.58 Å². The molecule has 0 spiro atoms. The van der Waals surface area contributed by atoms with E-state index in [0.29, 0.717) is 0 Å². The molecule has 0 fully saturated rings. The van der Waals surface area contributed by atoms with Gasteiger partial charge in [-0.2, -0.15) is 0 Å². The summed E-state index contributed by atoms with van der Waals surface area (Å²) in [5.41, 5.74) is 0. The molecule has 0 saturated heterocycles. The van der Waals surface area contributed by atoms with Crippen LogP contribution in [0.25, 0.3) is 0 Å². The molecule has 0 aromatic carbocycles. The van der Waals surface area contributed by atoms with Gasteiger partial charge in [0.15, 0.2) is 0 Å². The van der Waals surface area contributed by atoms with Crippen LogP contribution in [-0.4, -0.2) is 0 Å². The van der Waals surface area contributed by atoms with Crippen LogP contribution in [0.15, 0.2) is 6.08 Å². The van der Waals surface area contributed by atoms with Gasteiger partial charge >= 0.3 is 0 Å². The van der Waals surface area contributed by atoms with Crippen LogP contribution >= 0.6 is 0 Å². The molecule has 0 aliphatic carbocycles. The summed E-state index contributed by atoms with van der Waals surface area (Å²) < 4.78 is 0. The molecule has 0 unspecified atom stereocenters. The van der Waals surface area contributed by atoms with Gasteiger partial charge in [-0.1, -0.05) is 25.3 Å². The second-order valence-electron chi connectivity index (χ2n) is 1.24. The average Bonchev–Trinajstić information content (AvgIpc) is 1.69. The molecular weight excluding hydrogens is 84.1 g/mol. The highest BCUT2D eigenvalue weighted by atomic mass is 13.7. The Morgan fingerprint density at radius 1 is 1.71 bits per heavy atom. The van der Waals surface area contributed by atoms with Gasteiger partial charge in [0.1, 0.15) is 0 Å². The van der Waals surface area contributed by atoms with Gasteiger partial charge in [-0.15, -0.1) is 0 Å². The van der Waals surface area contributed by atoms with Gasteiger partial charge < -0.3 is 0 Å². The van der Waals surface area contributed by atoms with Crippen LogP contribution in [0.4, 0.5) is 0 Å². The first-order chi connectivity index (χ1) is 3.41. The topological polar surface area (TPSA) is 0 Å². The monoisotopic (exact) mass is 93.1 g/mol. The third kappa shape index (κ3) is 5.30. The Morgan fingerprint density at radius 2 is 2.43 bits per heavy atom. The summed E-state index contributed by atoms with van der Waals surface area (Å²) in [6, 6.07) is 0. The van der Waals surface area contributed by atoms with E-state index in [1.54, 1.807) is 0 Å². The molecule has 0 atom stereocenters. The second kappa shape index (κ2) is 5.30. The molecule has 0 aromatic heterocycles. The van der Waals surface area contributed by atoms with Gasteiger partial charge in [-0.05, 0) is 12.5 Å². The number of hydrogen-bond donors (Lipinski definition) is 0. The van der Waals surface area contributed by atoms with Crippen molar-refractivity contribution < 1.29 is 0 Å². The van der Waals surface area contributed by atoms with Crippen molar-refractivity contribution in [3.05, 3.63) is 12.7 Å². The van der Waals surface area contributed by atoms with Crippen LogP contribution in [0.3, 0.4) is 0 Å². The van der Waals surface area contributed by atoms with E-state index in [1.807, 2.05) is 0 Å². The maximum atomic E-state index is 4.97. The predicted octanol–water partition coefficient (Wildman–Crippen LogP) is 1.78. The van der Waals surface area contributed by atoms with Crippen molar-refractivity contribution in [2.45, 2.75) is 19.8 Å². The van der Waals surface area contributed by atoms with Crippen molar-refractivity contribution in [1.29, 1.82) is 0 Å². The molecular formula is C7H9. The van der Waals surface area contributed by atoms with E-state index < -0.39 is 0 Å². The van der Waals surface area contributed by atoms with Crippen LogP contribution in [0.1, 0.15) is 19.8 Å². The number of hydrogen-bond acceptors (Lipinski definition) is 0. The number of allylic oxidation sites excluding steroid dienone is 1. The Kier molecular flexibility index (Phi) is 4.77. The minimum Gasteiger partial charge on any atom is -0.0985 e. The molecule has 0 N–H and O–H groups in total. The zero-order chi connectivity index (χ0) is 5.54. The van der Waals surface area contributed by atoms with Crippen LogP contribution in [-0.2, 0) is 0 Å². The summed E-state index contributed by atoms with van der Waals surface area (Å²) in [4.78, 5) is 0. The van der Waals surface area contributed by atoms with Crippen molar-refractivity contribution in [3.8, 4) is 11.8 Å². The standard InChI is InChI=1S/C7H9/c1-3-5-7-6-4-2/h1,3H,4,6H2,2H3.